The third kappa shape index (κ3) is 3.25. The zero-order valence-electron chi connectivity index (χ0n) is 15.0. The molecular weight excluding hydrogens is 328 g/mol. The number of carbonyl (C=O) groups excluding carboxylic acids is 1. The number of aryl methyl sites for hydroxylation is 2. The molecule has 1 aliphatic heterocycles. The van der Waals surface area contributed by atoms with Crippen molar-refractivity contribution in [1.82, 2.24) is 24.5 Å². The second kappa shape index (κ2) is 6.76. The number of hydrogen-bond acceptors (Lipinski definition) is 4. The molecule has 1 amide bonds. The van der Waals surface area contributed by atoms with Crippen LogP contribution in [0.1, 0.15) is 22.9 Å². The Morgan fingerprint density at radius 1 is 1.31 bits per heavy atom. The van der Waals surface area contributed by atoms with E-state index in [4.69, 9.17) is 0 Å². The van der Waals surface area contributed by atoms with Gasteiger partial charge in [0.15, 0.2) is 0 Å². The summed E-state index contributed by atoms with van der Waals surface area (Å²) in [6.07, 6.45) is 3.77. The first kappa shape index (κ1) is 16.5. The zero-order valence-corrected chi connectivity index (χ0v) is 15.0. The Labute approximate surface area is 152 Å². The van der Waals surface area contributed by atoms with Gasteiger partial charge < -0.3 is 5.32 Å². The number of carbonyl (C=O) groups is 1. The molecule has 1 N–H and O–H groups in total. The van der Waals surface area contributed by atoms with E-state index in [1.165, 1.54) is 11.1 Å². The van der Waals surface area contributed by atoms with Gasteiger partial charge in [-0.25, -0.2) is 0 Å². The maximum absolute atomic E-state index is 12.5. The van der Waals surface area contributed by atoms with Gasteiger partial charge >= 0.3 is 0 Å². The lowest BCUT2D eigenvalue weighted by Crippen LogP contribution is -2.41. The van der Waals surface area contributed by atoms with Gasteiger partial charge in [0.1, 0.15) is 5.82 Å². The summed E-state index contributed by atoms with van der Waals surface area (Å²) in [5.41, 5.74) is 3.40. The Morgan fingerprint density at radius 2 is 2.15 bits per heavy atom. The number of benzene rings is 1. The minimum absolute atomic E-state index is 0.0356. The number of hydrogen-bond donors (Lipinski definition) is 1. The highest BCUT2D eigenvalue weighted by Gasteiger charge is 2.27. The van der Waals surface area contributed by atoms with E-state index in [1.54, 1.807) is 10.9 Å². The third-order valence-corrected chi connectivity index (χ3v) is 4.72. The summed E-state index contributed by atoms with van der Waals surface area (Å²) in [6, 6.07) is 12.3. The SMILES string of the molecule is Cc1cc(NC(=O)CN2Cc3ccccc3C(n3cccn3)C2)n(C)n1. The van der Waals surface area contributed by atoms with E-state index in [-0.39, 0.29) is 11.9 Å². The molecule has 0 fully saturated rings. The van der Waals surface area contributed by atoms with Crippen LogP contribution in [0.3, 0.4) is 0 Å². The number of nitrogens with one attached hydrogen (secondary N) is 1. The lowest BCUT2D eigenvalue weighted by atomic mass is 9.95. The molecule has 4 rings (SSSR count). The van der Waals surface area contributed by atoms with Crippen LogP contribution in [-0.2, 0) is 18.4 Å². The van der Waals surface area contributed by atoms with Gasteiger partial charge in [-0.05, 0) is 24.1 Å². The summed E-state index contributed by atoms with van der Waals surface area (Å²) in [6.45, 7) is 3.74. The van der Waals surface area contributed by atoms with E-state index in [9.17, 15) is 4.79 Å². The maximum Gasteiger partial charge on any atom is 0.239 e. The van der Waals surface area contributed by atoms with Crippen molar-refractivity contribution < 1.29 is 4.79 Å². The van der Waals surface area contributed by atoms with Crippen molar-refractivity contribution in [2.24, 2.45) is 7.05 Å². The normalized spacial score (nSPS) is 17.1. The Balaban J connectivity index is 1.51. The molecule has 0 bridgehead atoms. The molecule has 0 radical (unpaired) electrons. The molecule has 0 spiro atoms. The Bertz CT molecular complexity index is 914. The number of nitrogens with zero attached hydrogens (tertiary/aromatic N) is 5. The molecule has 3 heterocycles. The molecule has 3 aromatic rings. The highest BCUT2D eigenvalue weighted by Crippen LogP contribution is 2.28. The van der Waals surface area contributed by atoms with Gasteiger partial charge in [-0.2, -0.15) is 10.2 Å². The topological polar surface area (TPSA) is 68.0 Å². The second-order valence-electron chi connectivity index (χ2n) is 6.71. The van der Waals surface area contributed by atoms with Crippen molar-refractivity contribution in [2.75, 3.05) is 18.4 Å². The molecule has 26 heavy (non-hydrogen) atoms. The molecule has 0 aliphatic carbocycles. The van der Waals surface area contributed by atoms with E-state index in [2.05, 4.69) is 38.6 Å². The summed E-state index contributed by atoms with van der Waals surface area (Å²) in [4.78, 5) is 14.7. The Kier molecular flexibility index (Phi) is 4.30. The van der Waals surface area contributed by atoms with E-state index >= 15 is 0 Å². The lowest BCUT2D eigenvalue weighted by Gasteiger charge is -2.34. The van der Waals surface area contributed by atoms with Crippen LogP contribution in [0.2, 0.25) is 0 Å². The highest BCUT2D eigenvalue weighted by atomic mass is 16.2. The number of anilines is 1. The van der Waals surface area contributed by atoms with Crippen LogP contribution in [0.15, 0.2) is 48.8 Å². The van der Waals surface area contributed by atoms with Gasteiger partial charge in [0.25, 0.3) is 0 Å². The van der Waals surface area contributed by atoms with Crippen LogP contribution in [-0.4, -0.2) is 43.5 Å². The molecule has 134 valence electrons. The lowest BCUT2D eigenvalue weighted by molar-refractivity contribution is -0.117. The van der Waals surface area contributed by atoms with Crippen molar-refractivity contribution in [3.63, 3.8) is 0 Å². The molecule has 0 saturated carbocycles. The maximum atomic E-state index is 12.5. The van der Waals surface area contributed by atoms with Crippen LogP contribution in [0, 0.1) is 6.92 Å². The summed E-state index contributed by atoms with van der Waals surface area (Å²) >= 11 is 0. The number of fused-ring (bicyclic) bond motifs is 1. The predicted molar refractivity (Wildman–Crippen MR) is 98.7 cm³/mol. The first-order valence-electron chi connectivity index (χ1n) is 8.70. The molecular formula is C19H22N6O. The van der Waals surface area contributed by atoms with Crippen molar-refractivity contribution >= 4 is 11.7 Å². The molecule has 1 unspecified atom stereocenters. The Morgan fingerprint density at radius 3 is 2.88 bits per heavy atom. The van der Waals surface area contributed by atoms with E-state index in [0.29, 0.717) is 12.4 Å². The Hall–Kier alpha value is -2.93. The molecule has 2 aromatic heterocycles. The molecule has 7 nitrogen and oxygen atoms in total. The quantitative estimate of drug-likeness (QED) is 0.781. The smallest absolute Gasteiger partial charge is 0.239 e. The van der Waals surface area contributed by atoms with Gasteiger partial charge in [0.05, 0.1) is 18.3 Å². The predicted octanol–water partition coefficient (Wildman–Crippen LogP) is 1.97. The number of aromatic nitrogens is 4. The molecule has 7 heteroatoms. The first-order chi connectivity index (χ1) is 12.6. The number of amides is 1. The molecule has 1 aliphatic rings. The van der Waals surface area contributed by atoms with Crippen LogP contribution >= 0.6 is 0 Å². The molecule has 1 aromatic carbocycles. The standard InChI is InChI=1S/C19H22N6O/c1-14-10-18(23(2)22-14)21-19(26)13-24-11-15-6-3-4-7-16(15)17(12-24)25-9-5-8-20-25/h3-10,17H,11-13H2,1-2H3,(H,21,26). The fourth-order valence-electron chi connectivity index (χ4n) is 3.58. The summed E-state index contributed by atoms with van der Waals surface area (Å²) in [5, 5.41) is 11.6. The average molecular weight is 350 g/mol. The fraction of sp³-hybridized carbons (Fsp3) is 0.316. The van der Waals surface area contributed by atoms with Gasteiger partial charge in [0, 0.05) is 38.6 Å². The number of rotatable bonds is 4. The largest absolute Gasteiger partial charge is 0.310 e. The minimum atomic E-state index is -0.0356. The van der Waals surface area contributed by atoms with E-state index in [0.717, 1.165) is 18.8 Å². The second-order valence-corrected chi connectivity index (χ2v) is 6.71. The van der Waals surface area contributed by atoms with Crippen LogP contribution in [0.4, 0.5) is 5.82 Å². The van der Waals surface area contributed by atoms with Gasteiger partial charge in [-0.3, -0.25) is 19.1 Å². The zero-order chi connectivity index (χ0) is 18.1. The van der Waals surface area contributed by atoms with Crippen LogP contribution in [0.25, 0.3) is 0 Å². The minimum Gasteiger partial charge on any atom is -0.310 e. The summed E-state index contributed by atoms with van der Waals surface area (Å²) in [7, 11) is 1.83. The van der Waals surface area contributed by atoms with Gasteiger partial charge in [0.2, 0.25) is 5.91 Å². The van der Waals surface area contributed by atoms with Crippen molar-refractivity contribution in [1.29, 1.82) is 0 Å². The van der Waals surface area contributed by atoms with Gasteiger partial charge in [-0.1, -0.05) is 24.3 Å². The highest BCUT2D eigenvalue weighted by molar-refractivity contribution is 5.91. The monoisotopic (exact) mass is 350 g/mol. The fourth-order valence-corrected chi connectivity index (χ4v) is 3.58. The van der Waals surface area contributed by atoms with Crippen LogP contribution < -0.4 is 5.32 Å². The van der Waals surface area contributed by atoms with Crippen molar-refractivity contribution in [2.45, 2.75) is 19.5 Å². The van der Waals surface area contributed by atoms with Gasteiger partial charge in [-0.15, -0.1) is 0 Å². The molecule has 1 atom stereocenters. The van der Waals surface area contributed by atoms with Crippen LogP contribution in [0.5, 0.6) is 0 Å². The van der Waals surface area contributed by atoms with Crippen molar-refractivity contribution in [3.8, 4) is 0 Å². The van der Waals surface area contributed by atoms with Crippen molar-refractivity contribution in [3.05, 3.63) is 65.6 Å². The first-order valence-corrected chi connectivity index (χ1v) is 8.70. The summed E-state index contributed by atoms with van der Waals surface area (Å²) < 4.78 is 3.65. The van der Waals surface area contributed by atoms with E-state index < -0.39 is 0 Å². The third-order valence-electron chi connectivity index (χ3n) is 4.72. The average Bonchev–Trinajstić information content (AvgIpc) is 3.24. The molecule has 0 saturated heterocycles. The summed E-state index contributed by atoms with van der Waals surface area (Å²) in [5.74, 6) is 0.681. The van der Waals surface area contributed by atoms with E-state index in [1.807, 2.05) is 43.0 Å².